The first kappa shape index (κ1) is 9.97. The lowest BCUT2D eigenvalue weighted by Crippen LogP contribution is -2.33. The van der Waals surface area contributed by atoms with E-state index in [0.29, 0.717) is 0 Å². The van der Waals surface area contributed by atoms with Gasteiger partial charge in [-0.2, -0.15) is 0 Å². The van der Waals surface area contributed by atoms with E-state index in [2.05, 4.69) is 5.32 Å². The Labute approximate surface area is 85.8 Å². The third-order valence-electron chi connectivity index (χ3n) is 3.72. The molecular formula is C11H20N2O. The number of likely N-dealkylation sites (tertiary alicyclic amines) is 1. The molecule has 0 bridgehead atoms. The highest BCUT2D eigenvalue weighted by molar-refractivity contribution is 5.73. The predicted octanol–water partition coefficient (Wildman–Crippen LogP) is 0.854. The minimum absolute atomic E-state index is 0.251. The normalized spacial score (nSPS) is 29.5. The van der Waals surface area contributed by atoms with Crippen LogP contribution in [-0.2, 0) is 4.79 Å². The molecule has 0 aromatic heterocycles. The van der Waals surface area contributed by atoms with Crippen molar-refractivity contribution in [3.8, 4) is 0 Å². The Balaban J connectivity index is 1.85. The fraction of sp³-hybridized carbons (Fsp3) is 0.909. The molecule has 1 amide bonds. The fourth-order valence-corrected chi connectivity index (χ4v) is 2.77. The first-order valence-corrected chi connectivity index (χ1v) is 5.73. The molecular weight excluding hydrogens is 176 g/mol. The zero-order chi connectivity index (χ0) is 9.97. The zero-order valence-electron chi connectivity index (χ0n) is 8.96. The van der Waals surface area contributed by atoms with Gasteiger partial charge in [-0.25, -0.2) is 0 Å². The molecule has 2 rings (SSSR count). The van der Waals surface area contributed by atoms with Gasteiger partial charge < -0.3 is 10.2 Å². The third kappa shape index (κ3) is 2.08. The highest BCUT2D eigenvalue weighted by Crippen LogP contribution is 2.29. The molecule has 2 aliphatic rings. The quantitative estimate of drug-likeness (QED) is 0.674. The van der Waals surface area contributed by atoms with Gasteiger partial charge in [0.05, 0.1) is 0 Å². The van der Waals surface area contributed by atoms with Crippen LogP contribution in [0.1, 0.15) is 26.2 Å². The summed E-state index contributed by atoms with van der Waals surface area (Å²) < 4.78 is 0. The average Bonchev–Trinajstić information content (AvgIpc) is 2.68. The summed E-state index contributed by atoms with van der Waals surface area (Å²) in [4.78, 5) is 13.2. The largest absolute Gasteiger partial charge is 0.343 e. The Morgan fingerprint density at radius 2 is 1.93 bits per heavy atom. The standard InChI is InChI=1S/C11H20N2O/c1-9(14)13-7-4-11(8-13)10-2-5-12-6-3-10/h10-12H,2-8H2,1H3. The second kappa shape index (κ2) is 4.30. The summed E-state index contributed by atoms with van der Waals surface area (Å²) in [7, 11) is 0. The number of carbonyl (C=O) groups excluding carboxylic acids is 1. The number of piperidine rings is 1. The van der Waals surface area contributed by atoms with E-state index in [-0.39, 0.29) is 5.91 Å². The highest BCUT2D eigenvalue weighted by atomic mass is 16.2. The van der Waals surface area contributed by atoms with Crippen molar-refractivity contribution in [3.05, 3.63) is 0 Å². The molecule has 1 unspecified atom stereocenters. The van der Waals surface area contributed by atoms with Crippen molar-refractivity contribution in [1.82, 2.24) is 10.2 Å². The monoisotopic (exact) mass is 196 g/mol. The smallest absolute Gasteiger partial charge is 0.219 e. The van der Waals surface area contributed by atoms with Gasteiger partial charge in [0.2, 0.25) is 5.91 Å². The molecule has 3 nitrogen and oxygen atoms in total. The Hall–Kier alpha value is -0.570. The minimum atomic E-state index is 0.251. The van der Waals surface area contributed by atoms with Crippen molar-refractivity contribution in [2.45, 2.75) is 26.2 Å². The van der Waals surface area contributed by atoms with Crippen LogP contribution in [-0.4, -0.2) is 37.0 Å². The number of rotatable bonds is 1. The van der Waals surface area contributed by atoms with E-state index in [0.717, 1.165) is 24.9 Å². The van der Waals surface area contributed by atoms with E-state index in [4.69, 9.17) is 0 Å². The Morgan fingerprint density at radius 3 is 2.50 bits per heavy atom. The van der Waals surface area contributed by atoms with Gasteiger partial charge in [0.25, 0.3) is 0 Å². The second-order valence-electron chi connectivity index (χ2n) is 4.60. The zero-order valence-corrected chi connectivity index (χ0v) is 8.96. The van der Waals surface area contributed by atoms with E-state index >= 15 is 0 Å². The number of nitrogens with zero attached hydrogens (tertiary/aromatic N) is 1. The van der Waals surface area contributed by atoms with Crippen LogP contribution < -0.4 is 5.32 Å². The van der Waals surface area contributed by atoms with Crippen LogP contribution in [0, 0.1) is 11.8 Å². The van der Waals surface area contributed by atoms with Crippen molar-refractivity contribution in [3.63, 3.8) is 0 Å². The van der Waals surface area contributed by atoms with Crippen molar-refractivity contribution < 1.29 is 4.79 Å². The first-order chi connectivity index (χ1) is 6.77. The highest BCUT2D eigenvalue weighted by Gasteiger charge is 2.30. The molecule has 0 saturated carbocycles. The average molecular weight is 196 g/mol. The van der Waals surface area contributed by atoms with Gasteiger partial charge in [-0.15, -0.1) is 0 Å². The van der Waals surface area contributed by atoms with Crippen LogP contribution >= 0.6 is 0 Å². The molecule has 1 atom stereocenters. The van der Waals surface area contributed by atoms with Crippen molar-refractivity contribution in [2.24, 2.45) is 11.8 Å². The van der Waals surface area contributed by atoms with Gasteiger partial charge in [-0.05, 0) is 44.2 Å². The van der Waals surface area contributed by atoms with Gasteiger partial charge in [0.15, 0.2) is 0 Å². The van der Waals surface area contributed by atoms with Crippen molar-refractivity contribution in [2.75, 3.05) is 26.2 Å². The molecule has 0 aromatic carbocycles. The number of carbonyl (C=O) groups is 1. The molecule has 0 aliphatic carbocycles. The summed E-state index contributed by atoms with van der Waals surface area (Å²) in [6.45, 7) is 6.03. The SMILES string of the molecule is CC(=O)N1CCC(C2CCNCC2)C1. The molecule has 14 heavy (non-hydrogen) atoms. The van der Waals surface area contributed by atoms with Crippen LogP contribution in [0.2, 0.25) is 0 Å². The van der Waals surface area contributed by atoms with E-state index in [1.165, 1.54) is 32.4 Å². The Kier molecular flexibility index (Phi) is 3.06. The van der Waals surface area contributed by atoms with E-state index < -0.39 is 0 Å². The summed E-state index contributed by atoms with van der Waals surface area (Å²) >= 11 is 0. The maximum atomic E-state index is 11.2. The fourth-order valence-electron chi connectivity index (χ4n) is 2.77. The maximum Gasteiger partial charge on any atom is 0.219 e. The van der Waals surface area contributed by atoms with Crippen LogP contribution in [0.3, 0.4) is 0 Å². The van der Waals surface area contributed by atoms with Gasteiger partial charge >= 0.3 is 0 Å². The number of amides is 1. The lowest BCUT2D eigenvalue weighted by molar-refractivity contribution is -0.128. The number of hydrogen-bond donors (Lipinski definition) is 1. The molecule has 2 saturated heterocycles. The molecule has 3 heteroatoms. The second-order valence-corrected chi connectivity index (χ2v) is 4.60. The summed E-state index contributed by atoms with van der Waals surface area (Å²) in [6.07, 6.45) is 3.83. The van der Waals surface area contributed by atoms with Crippen LogP contribution in [0.4, 0.5) is 0 Å². The number of hydrogen-bond acceptors (Lipinski definition) is 2. The molecule has 0 spiro atoms. The first-order valence-electron chi connectivity index (χ1n) is 5.73. The lowest BCUT2D eigenvalue weighted by atomic mass is 9.84. The summed E-state index contributed by atoms with van der Waals surface area (Å²) in [5.41, 5.74) is 0. The Morgan fingerprint density at radius 1 is 1.21 bits per heavy atom. The van der Waals surface area contributed by atoms with Gasteiger partial charge in [0.1, 0.15) is 0 Å². The Bertz CT molecular complexity index is 211. The summed E-state index contributed by atoms with van der Waals surface area (Å²) in [5, 5.41) is 3.39. The predicted molar refractivity (Wildman–Crippen MR) is 56.0 cm³/mol. The van der Waals surface area contributed by atoms with Crippen molar-refractivity contribution >= 4 is 5.91 Å². The molecule has 2 heterocycles. The van der Waals surface area contributed by atoms with Crippen LogP contribution in [0.25, 0.3) is 0 Å². The molecule has 1 N–H and O–H groups in total. The van der Waals surface area contributed by atoms with E-state index in [1.807, 2.05) is 4.90 Å². The summed E-state index contributed by atoms with van der Waals surface area (Å²) in [5.74, 6) is 1.89. The summed E-state index contributed by atoms with van der Waals surface area (Å²) in [6, 6.07) is 0. The molecule has 2 aliphatic heterocycles. The topological polar surface area (TPSA) is 32.3 Å². The minimum Gasteiger partial charge on any atom is -0.343 e. The lowest BCUT2D eigenvalue weighted by Gasteiger charge is -2.27. The van der Waals surface area contributed by atoms with Gasteiger partial charge in [0, 0.05) is 20.0 Å². The third-order valence-corrected chi connectivity index (χ3v) is 3.72. The number of nitrogens with one attached hydrogen (secondary N) is 1. The van der Waals surface area contributed by atoms with Gasteiger partial charge in [-0.1, -0.05) is 0 Å². The maximum absolute atomic E-state index is 11.2. The molecule has 80 valence electrons. The molecule has 2 fully saturated rings. The van der Waals surface area contributed by atoms with Crippen LogP contribution in [0.5, 0.6) is 0 Å². The van der Waals surface area contributed by atoms with Gasteiger partial charge in [-0.3, -0.25) is 4.79 Å². The van der Waals surface area contributed by atoms with E-state index in [1.54, 1.807) is 6.92 Å². The van der Waals surface area contributed by atoms with E-state index in [9.17, 15) is 4.79 Å². The van der Waals surface area contributed by atoms with Crippen LogP contribution in [0.15, 0.2) is 0 Å². The molecule has 0 aromatic rings. The molecule has 0 radical (unpaired) electrons. The van der Waals surface area contributed by atoms with Crippen molar-refractivity contribution in [1.29, 1.82) is 0 Å².